The molecule has 1 aliphatic heterocycles. The van der Waals surface area contributed by atoms with Crippen molar-refractivity contribution >= 4 is 40.7 Å². The lowest BCUT2D eigenvalue weighted by molar-refractivity contribution is 0.259. The zero-order valence-electron chi connectivity index (χ0n) is 12.6. The van der Waals surface area contributed by atoms with Crippen molar-refractivity contribution in [2.75, 3.05) is 26.7 Å². The number of hydrogen-bond acceptors (Lipinski definition) is 3. The van der Waals surface area contributed by atoms with Crippen LogP contribution in [-0.4, -0.2) is 37.7 Å². The molecule has 1 fully saturated rings. The van der Waals surface area contributed by atoms with E-state index in [1.54, 1.807) is 7.11 Å². The first-order valence-corrected chi connectivity index (χ1v) is 7.81. The summed E-state index contributed by atoms with van der Waals surface area (Å²) in [5.41, 5.74) is 1.21. The van der Waals surface area contributed by atoms with Gasteiger partial charge in [-0.05, 0) is 44.1 Å². The van der Waals surface area contributed by atoms with E-state index in [4.69, 9.17) is 4.74 Å². The molecule has 1 atom stereocenters. The van der Waals surface area contributed by atoms with Gasteiger partial charge in [0.05, 0.1) is 7.11 Å². The third-order valence-electron chi connectivity index (χ3n) is 3.84. The summed E-state index contributed by atoms with van der Waals surface area (Å²) >= 11 is 3.51. The van der Waals surface area contributed by atoms with Gasteiger partial charge in [0.15, 0.2) is 0 Å². The summed E-state index contributed by atoms with van der Waals surface area (Å²) in [7, 11) is 1.72. The molecule has 6 heteroatoms. The number of likely N-dealkylation sites (N-methyl/N-ethyl adjacent to an activating group) is 1. The van der Waals surface area contributed by atoms with Crippen molar-refractivity contribution in [1.82, 2.24) is 10.2 Å². The van der Waals surface area contributed by atoms with Gasteiger partial charge in [-0.1, -0.05) is 22.9 Å². The van der Waals surface area contributed by atoms with E-state index >= 15 is 0 Å². The Morgan fingerprint density at radius 3 is 2.81 bits per heavy atom. The molecule has 0 aromatic heterocycles. The number of nitrogens with one attached hydrogen (secondary N) is 1. The lowest BCUT2D eigenvalue weighted by Crippen LogP contribution is -2.37. The number of benzene rings is 1. The Labute approximate surface area is 148 Å². The molecule has 1 heterocycles. The molecule has 2 rings (SSSR count). The van der Waals surface area contributed by atoms with Gasteiger partial charge in [-0.2, -0.15) is 0 Å². The maximum absolute atomic E-state index is 5.39. The van der Waals surface area contributed by atoms with Crippen LogP contribution in [0.15, 0.2) is 22.7 Å². The predicted molar refractivity (Wildman–Crippen MR) is 97.2 cm³/mol. The molecule has 0 saturated carbocycles. The molecular weight excluding hydrogens is 375 g/mol. The molecular formula is C15H25BrCl2N2O. The van der Waals surface area contributed by atoms with E-state index in [2.05, 4.69) is 39.1 Å². The molecule has 0 amide bonds. The van der Waals surface area contributed by atoms with E-state index < -0.39 is 0 Å². The minimum Gasteiger partial charge on any atom is -0.496 e. The molecule has 1 aromatic rings. The van der Waals surface area contributed by atoms with Gasteiger partial charge in [0.1, 0.15) is 5.75 Å². The number of hydrogen-bond donors (Lipinski definition) is 1. The largest absolute Gasteiger partial charge is 0.496 e. The third kappa shape index (κ3) is 5.95. The van der Waals surface area contributed by atoms with Crippen LogP contribution < -0.4 is 10.1 Å². The topological polar surface area (TPSA) is 24.5 Å². The van der Waals surface area contributed by atoms with Gasteiger partial charge in [-0.3, -0.25) is 4.90 Å². The number of methoxy groups -OCH3 is 1. The summed E-state index contributed by atoms with van der Waals surface area (Å²) < 4.78 is 6.49. The molecule has 1 unspecified atom stereocenters. The van der Waals surface area contributed by atoms with Crippen LogP contribution in [0, 0.1) is 0 Å². The molecule has 0 aliphatic carbocycles. The van der Waals surface area contributed by atoms with Gasteiger partial charge in [0.2, 0.25) is 0 Å². The van der Waals surface area contributed by atoms with Gasteiger partial charge >= 0.3 is 0 Å². The molecule has 1 aliphatic rings. The highest BCUT2D eigenvalue weighted by molar-refractivity contribution is 9.10. The van der Waals surface area contributed by atoms with Crippen LogP contribution in [-0.2, 0) is 6.54 Å². The van der Waals surface area contributed by atoms with Crippen molar-refractivity contribution in [3.63, 3.8) is 0 Å². The molecule has 1 saturated heterocycles. The van der Waals surface area contributed by atoms with Gasteiger partial charge < -0.3 is 10.1 Å². The highest BCUT2D eigenvalue weighted by atomic mass is 79.9. The molecule has 122 valence electrons. The first-order chi connectivity index (χ1) is 9.24. The van der Waals surface area contributed by atoms with Crippen LogP contribution in [0.25, 0.3) is 0 Å². The fraction of sp³-hybridized carbons (Fsp3) is 0.600. The summed E-state index contributed by atoms with van der Waals surface area (Å²) in [5, 5.41) is 3.57. The monoisotopic (exact) mass is 398 g/mol. The Kier molecular flexibility index (Phi) is 10.7. The molecule has 1 aromatic carbocycles. The van der Waals surface area contributed by atoms with Gasteiger partial charge in [0, 0.05) is 29.2 Å². The minimum atomic E-state index is 0. The first kappa shape index (κ1) is 21.0. The Balaban J connectivity index is 0.00000200. The summed E-state index contributed by atoms with van der Waals surface area (Å²) in [6.07, 6.45) is 2.65. The van der Waals surface area contributed by atoms with Crippen molar-refractivity contribution in [3.05, 3.63) is 28.2 Å². The average molecular weight is 400 g/mol. The quantitative estimate of drug-likeness (QED) is 0.785. The van der Waals surface area contributed by atoms with Crippen molar-refractivity contribution < 1.29 is 4.74 Å². The van der Waals surface area contributed by atoms with Crippen molar-refractivity contribution in [2.45, 2.75) is 32.4 Å². The normalized spacial score (nSPS) is 18.0. The molecule has 0 spiro atoms. The Morgan fingerprint density at radius 2 is 2.14 bits per heavy atom. The third-order valence-corrected chi connectivity index (χ3v) is 4.34. The zero-order chi connectivity index (χ0) is 13.7. The molecule has 0 bridgehead atoms. The van der Waals surface area contributed by atoms with E-state index in [-0.39, 0.29) is 24.8 Å². The molecule has 21 heavy (non-hydrogen) atoms. The van der Waals surface area contributed by atoms with E-state index in [0.29, 0.717) is 6.04 Å². The predicted octanol–water partition coefficient (Wildman–Crippen LogP) is 3.88. The van der Waals surface area contributed by atoms with Gasteiger partial charge in [-0.15, -0.1) is 24.8 Å². The van der Waals surface area contributed by atoms with Crippen molar-refractivity contribution in [3.8, 4) is 5.75 Å². The summed E-state index contributed by atoms with van der Waals surface area (Å²) in [6.45, 7) is 6.57. The number of ether oxygens (including phenoxy) is 1. The average Bonchev–Trinajstić information content (AvgIpc) is 2.86. The van der Waals surface area contributed by atoms with Crippen LogP contribution in [0.3, 0.4) is 0 Å². The number of likely N-dealkylation sites (tertiary alicyclic amines) is 1. The van der Waals surface area contributed by atoms with Crippen molar-refractivity contribution in [2.24, 2.45) is 0 Å². The van der Waals surface area contributed by atoms with Crippen molar-refractivity contribution in [1.29, 1.82) is 0 Å². The Hall–Kier alpha value is -0.000000000000000111. The Bertz CT molecular complexity index is 421. The maximum atomic E-state index is 5.39. The van der Waals surface area contributed by atoms with Crippen LogP contribution in [0.2, 0.25) is 0 Å². The fourth-order valence-corrected chi connectivity index (χ4v) is 3.21. The summed E-state index contributed by atoms with van der Waals surface area (Å²) in [5.74, 6) is 0.953. The summed E-state index contributed by atoms with van der Waals surface area (Å²) in [4.78, 5) is 2.56. The molecule has 1 N–H and O–H groups in total. The summed E-state index contributed by atoms with van der Waals surface area (Å²) in [6, 6.07) is 6.84. The van der Waals surface area contributed by atoms with Gasteiger partial charge in [0.25, 0.3) is 0 Å². The minimum absolute atomic E-state index is 0. The van der Waals surface area contributed by atoms with Crippen LogP contribution in [0.4, 0.5) is 0 Å². The van der Waals surface area contributed by atoms with E-state index in [1.165, 1.54) is 24.9 Å². The van der Waals surface area contributed by atoms with Crippen LogP contribution in [0.1, 0.15) is 25.3 Å². The lowest BCUT2D eigenvalue weighted by Gasteiger charge is -2.23. The molecule has 0 radical (unpaired) electrons. The van der Waals surface area contributed by atoms with Crippen LogP contribution in [0.5, 0.6) is 5.75 Å². The van der Waals surface area contributed by atoms with Gasteiger partial charge in [-0.25, -0.2) is 0 Å². The standard InChI is InChI=1S/C15H23BrN2O.2ClH/c1-3-18-8-4-5-14(18)11-17-10-12-9-13(16)6-7-15(12)19-2;;/h6-7,9,14,17H,3-5,8,10-11H2,1-2H3;2*1H. The van der Waals surface area contributed by atoms with Crippen LogP contribution >= 0.6 is 40.7 Å². The number of halogens is 3. The highest BCUT2D eigenvalue weighted by Crippen LogP contribution is 2.23. The van der Waals surface area contributed by atoms with E-state index in [1.807, 2.05) is 12.1 Å². The second-order valence-corrected chi connectivity index (χ2v) is 5.93. The number of rotatable bonds is 6. The SMILES string of the molecule is CCN1CCCC1CNCc1cc(Br)ccc1OC.Cl.Cl. The Morgan fingerprint density at radius 1 is 1.38 bits per heavy atom. The fourth-order valence-electron chi connectivity index (χ4n) is 2.80. The second kappa shape index (κ2) is 10.7. The number of nitrogens with zero attached hydrogens (tertiary/aromatic N) is 1. The smallest absolute Gasteiger partial charge is 0.123 e. The van der Waals surface area contributed by atoms with E-state index in [9.17, 15) is 0 Å². The zero-order valence-corrected chi connectivity index (χ0v) is 15.8. The van der Waals surface area contributed by atoms with E-state index in [0.717, 1.165) is 29.9 Å². The lowest BCUT2D eigenvalue weighted by atomic mass is 10.2. The highest BCUT2D eigenvalue weighted by Gasteiger charge is 2.22. The maximum Gasteiger partial charge on any atom is 0.123 e. The molecule has 3 nitrogen and oxygen atoms in total. The second-order valence-electron chi connectivity index (χ2n) is 5.01. The first-order valence-electron chi connectivity index (χ1n) is 7.01.